The van der Waals surface area contributed by atoms with E-state index in [0.717, 1.165) is 38.5 Å². The molecule has 3 nitrogen and oxygen atoms in total. The Morgan fingerprint density at radius 1 is 1.31 bits per heavy atom. The van der Waals surface area contributed by atoms with Gasteiger partial charge < -0.3 is 10.8 Å². The van der Waals surface area contributed by atoms with Crippen LogP contribution in [0.25, 0.3) is 0 Å². The fourth-order valence-electron chi connectivity index (χ4n) is 3.22. The quantitative estimate of drug-likeness (QED) is 0.645. The molecule has 0 aromatic heterocycles. The summed E-state index contributed by atoms with van der Waals surface area (Å²) in [7, 11) is 0. The van der Waals surface area contributed by atoms with Crippen LogP contribution in [-0.4, -0.2) is 16.6 Å². The van der Waals surface area contributed by atoms with Crippen LogP contribution in [-0.2, 0) is 4.79 Å². The highest BCUT2D eigenvalue weighted by Crippen LogP contribution is 2.45. The molecule has 0 aliphatic heterocycles. The Morgan fingerprint density at radius 3 is 2.15 bits per heavy atom. The molecular formula is C10H17NO2. The Hall–Kier alpha value is -0.570. The zero-order valence-corrected chi connectivity index (χ0v) is 7.83. The molecule has 2 saturated carbocycles. The van der Waals surface area contributed by atoms with Crippen LogP contribution in [0.4, 0.5) is 0 Å². The fraction of sp³-hybridized carbons (Fsp3) is 0.900. The van der Waals surface area contributed by atoms with E-state index in [1.807, 2.05) is 0 Å². The molecule has 1 atom stereocenters. The average Bonchev–Trinajstić information content (AvgIpc) is 2.01. The Balaban J connectivity index is 2.25. The van der Waals surface area contributed by atoms with Crippen LogP contribution in [0.2, 0.25) is 0 Å². The number of rotatable bonds is 1. The average molecular weight is 183 g/mol. The minimum atomic E-state index is -0.674. The van der Waals surface area contributed by atoms with Crippen molar-refractivity contribution in [2.45, 2.75) is 44.1 Å². The summed E-state index contributed by atoms with van der Waals surface area (Å²) >= 11 is 0. The zero-order chi connectivity index (χ0) is 9.47. The summed E-state index contributed by atoms with van der Waals surface area (Å²) in [5.74, 6) is -0.591. The van der Waals surface area contributed by atoms with Gasteiger partial charge in [0.2, 0.25) is 0 Å². The molecule has 13 heavy (non-hydrogen) atoms. The lowest BCUT2D eigenvalue weighted by atomic mass is 9.60. The smallest absolute Gasteiger partial charge is 0.308 e. The summed E-state index contributed by atoms with van der Waals surface area (Å²) < 4.78 is 0. The van der Waals surface area contributed by atoms with E-state index in [2.05, 4.69) is 0 Å². The van der Waals surface area contributed by atoms with Crippen LogP contribution >= 0.6 is 0 Å². The van der Waals surface area contributed by atoms with Crippen LogP contribution in [0.3, 0.4) is 0 Å². The van der Waals surface area contributed by atoms with E-state index in [1.165, 1.54) is 0 Å². The number of carboxylic acids is 1. The van der Waals surface area contributed by atoms with E-state index in [9.17, 15) is 4.79 Å². The number of fused-ring (bicyclic) bond motifs is 2. The van der Waals surface area contributed by atoms with E-state index in [-0.39, 0.29) is 11.5 Å². The lowest BCUT2D eigenvalue weighted by Crippen LogP contribution is -2.57. The summed E-state index contributed by atoms with van der Waals surface area (Å²) in [5, 5.41) is 9.13. The van der Waals surface area contributed by atoms with Crippen molar-refractivity contribution in [1.82, 2.24) is 0 Å². The van der Waals surface area contributed by atoms with Gasteiger partial charge in [0.15, 0.2) is 0 Å². The van der Waals surface area contributed by atoms with Gasteiger partial charge >= 0.3 is 5.97 Å². The highest BCUT2D eigenvalue weighted by Gasteiger charge is 2.49. The van der Waals surface area contributed by atoms with Crippen molar-refractivity contribution < 1.29 is 9.90 Å². The lowest BCUT2D eigenvalue weighted by Gasteiger charge is -2.47. The number of hydrogen-bond acceptors (Lipinski definition) is 2. The first kappa shape index (κ1) is 9.00. The van der Waals surface area contributed by atoms with E-state index in [1.54, 1.807) is 0 Å². The van der Waals surface area contributed by atoms with Gasteiger partial charge in [-0.25, -0.2) is 0 Å². The first-order valence-electron chi connectivity index (χ1n) is 5.15. The number of aliphatic carboxylic acids is 1. The van der Waals surface area contributed by atoms with E-state index in [0.29, 0.717) is 5.92 Å². The third kappa shape index (κ3) is 1.35. The molecule has 2 fully saturated rings. The van der Waals surface area contributed by atoms with Crippen LogP contribution in [0.15, 0.2) is 0 Å². The maximum absolute atomic E-state index is 11.1. The monoisotopic (exact) mass is 183 g/mol. The predicted octanol–water partition coefficient (Wildman–Crippen LogP) is 1.37. The van der Waals surface area contributed by atoms with Gasteiger partial charge in [-0.2, -0.15) is 0 Å². The third-order valence-corrected chi connectivity index (χ3v) is 3.79. The van der Waals surface area contributed by atoms with Gasteiger partial charge in [-0.05, 0) is 31.6 Å². The molecule has 3 heteroatoms. The minimum absolute atomic E-state index is 0.269. The molecule has 0 aromatic rings. The number of carbonyl (C=O) groups is 1. The zero-order valence-electron chi connectivity index (χ0n) is 7.83. The molecule has 3 N–H and O–H groups in total. The summed E-state index contributed by atoms with van der Waals surface area (Å²) in [5.41, 5.74) is 5.78. The van der Waals surface area contributed by atoms with Crippen molar-refractivity contribution in [1.29, 1.82) is 0 Å². The van der Waals surface area contributed by atoms with Gasteiger partial charge in [0, 0.05) is 5.54 Å². The minimum Gasteiger partial charge on any atom is -0.481 e. The van der Waals surface area contributed by atoms with Crippen LogP contribution in [0.1, 0.15) is 38.5 Å². The summed E-state index contributed by atoms with van der Waals surface area (Å²) in [4.78, 5) is 11.1. The molecule has 74 valence electrons. The Morgan fingerprint density at radius 2 is 1.85 bits per heavy atom. The molecule has 2 aliphatic carbocycles. The molecule has 2 bridgehead atoms. The molecule has 0 saturated heterocycles. The van der Waals surface area contributed by atoms with E-state index >= 15 is 0 Å². The van der Waals surface area contributed by atoms with Crippen molar-refractivity contribution in [3.05, 3.63) is 0 Å². The van der Waals surface area contributed by atoms with Gasteiger partial charge in [0.25, 0.3) is 0 Å². The number of hydrogen-bond donors (Lipinski definition) is 2. The van der Waals surface area contributed by atoms with E-state index < -0.39 is 5.97 Å². The SMILES string of the molecule is NC12CCCC(CCC1)C2C(=O)O. The normalized spacial score (nSPS) is 44.4. The molecule has 0 amide bonds. The Bertz CT molecular complexity index is 217. The highest BCUT2D eigenvalue weighted by molar-refractivity contribution is 5.72. The van der Waals surface area contributed by atoms with Gasteiger partial charge in [0.1, 0.15) is 0 Å². The van der Waals surface area contributed by atoms with Gasteiger partial charge in [-0.3, -0.25) is 4.79 Å². The molecule has 2 rings (SSSR count). The standard InChI is InChI=1S/C10H17NO2/c11-10-5-1-3-7(4-2-6-10)8(10)9(12)13/h7-8H,1-6,11H2,(H,12,13). The molecule has 0 aromatic carbocycles. The fourth-order valence-corrected chi connectivity index (χ4v) is 3.22. The second-order valence-corrected chi connectivity index (χ2v) is 4.59. The Kier molecular flexibility index (Phi) is 2.06. The lowest BCUT2D eigenvalue weighted by molar-refractivity contribution is -0.150. The van der Waals surface area contributed by atoms with Crippen molar-refractivity contribution in [3.8, 4) is 0 Å². The summed E-state index contributed by atoms with van der Waals surface area (Å²) in [6, 6.07) is 0. The molecule has 1 unspecified atom stereocenters. The van der Waals surface area contributed by atoms with Gasteiger partial charge in [0.05, 0.1) is 5.92 Å². The van der Waals surface area contributed by atoms with Crippen molar-refractivity contribution in [2.24, 2.45) is 17.6 Å². The number of carboxylic acid groups (broad SMARTS) is 1. The molecule has 0 radical (unpaired) electrons. The summed E-state index contributed by atoms with van der Waals surface area (Å²) in [6.07, 6.45) is 6.17. The van der Waals surface area contributed by atoms with Crippen molar-refractivity contribution >= 4 is 5.97 Å². The van der Waals surface area contributed by atoms with Crippen molar-refractivity contribution in [2.75, 3.05) is 0 Å². The van der Waals surface area contributed by atoms with Gasteiger partial charge in [-0.15, -0.1) is 0 Å². The molecule has 0 spiro atoms. The van der Waals surface area contributed by atoms with E-state index in [4.69, 9.17) is 10.8 Å². The van der Waals surface area contributed by atoms with Crippen molar-refractivity contribution in [3.63, 3.8) is 0 Å². The molecule has 0 heterocycles. The first-order chi connectivity index (χ1) is 6.13. The largest absolute Gasteiger partial charge is 0.481 e. The molecular weight excluding hydrogens is 166 g/mol. The van der Waals surface area contributed by atoms with Crippen LogP contribution in [0.5, 0.6) is 0 Å². The van der Waals surface area contributed by atoms with Gasteiger partial charge in [-0.1, -0.05) is 12.8 Å². The molecule has 2 aliphatic rings. The predicted molar refractivity (Wildman–Crippen MR) is 49.2 cm³/mol. The second-order valence-electron chi connectivity index (χ2n) is 4.59. The Labute approximate surface area is 78.3 Å². The second kappa shape index (κ2) is 2.98. The highest BCUT2D eigenvalue weighted by atomic mass is 16.4. The van der Waals surface area contributed by atoms with Crippen LogP contribution in [0, 0.1) is 11.8 Å². The summed E-state index contributed by atoms with van der Waals surface area (Å²) in [6.45, 7) is 0. The topological polar surface area (TPSA) is 63.3 Å². The van der Waals surface area contributed by atoms with Crippen LogP contribution < -0.4 is 5.73 Å². The maximum atomic E-state index is 11.1. The third-order valence-electron chi connectivity index (χ3n) is 3.79. The maximum Gasteiger partial charge on any atom is 0.308 e. The first-order valence-corrected chi connectivity index (χ1v) is 5.15. The number of nitrogens with two attached hydrogens (primary N) is 1.